The summed E-state index contributed by atoms with van der Waals surface area (Å²) in [6.07, 6.45) is -4.01. The molecule has 7 nitrogen and oxygen atoms in total. The fourth-order valence-corrected chi connectivity index (χ4v) is 4.26. The Kier molecular flexibility index (Phi) is 9.89. The van der Waals surface area contributed by atoms with Gasteiger partial charge < -0.3 is 21.1 Å². The number of halogens is 3. The van der Waals surface area contributed by atoms with Crippen LogP contribution in [0.1, 0.15) is 72.5 Å². The lowest BCUT2D eigenvalue weighted by atomic mass is 9.84. The van der Waals surface area contributed by atoms with Gasteiger partial charge in [-0.05, 0) is 48.9 Å². The van der Waals surface area contributed by atoms with Gasteiger partial charge in [0, 0.05) is 13.1 Å². The molecule has 196 valence electrons. The summed E-state index contributed by atoms with van der Waals surface area (Å²) in [7, 11) is 1.25. The van der Waals surface area contributed by atoms with E-state index in [0.717, 1.165) is 11.6 Å². The Morgan fingerprint density at radius 1 is 1.08 bits per heavy atom. The van der Waals surface area contributed by atoms with Crippen LogP contribution < -0.4 is 16.2 Å². The van der Waals surface area contributed by atoms with E-state index in [9.17, 15) is 22.8 Å². The van der Waals surface area contributed by atoms with Gasteiger partial charge in [-0.25, -0.2) is 0 Å². The van der Waals surface area contributed by atoms with Crippen molar-refractivity contribution in [2.24, 2.45) is 16.5 Å². The van der Waals surface area contributed by atoms with Gasteiger partial charge in [-0.1, -0.05) is 44.2 Å². The molecule has 1 aliphatic heterocycles. The second-order valence-electron chi connectivity index (χ2n) is 8.21. The molecule has 1 heterocycles. The molecule has 1 unspecified atom stereocenters. The largest absolute Gasteiger partial charge is 0.496 e. The normalized spacial score (nSPS) is 14.8. The average molecular weight is 507 g/mol. The third kappa shape index (κ3) is 6.77. The van der Waals surface area contributed by atoms with Crippen molar-refractivity contribution in [1.82, 2.24) is 4.90 Å². The van der Waals surface area contributed by atoms with Crippen molar-refractivity contribution in [3.05, 3.63) is 64.7 Å². The van der Waals surface area contributed by atoms with Crippen molar-refractivity contribution in [2.45, 2.75) is 51.6 Å². The molecule has 2 aromatic carbocycles. The number of nitrogens with zero attached hydrogens (tertiary/aromatic N) is 2. The Labute approximate surface area is 209 Å². The summed E-state index contributed by atoms with van der Waals surface area (Å²) >= 11 is 0. The fourth-order valence-electron chi connectivity index (χ4n) is 4.26. The molecule has 1 fully saturated rings. The molecule has 0 aliphatic carbocycles. The predicted molar refractivity (Wildman–Crippen MR) is 133 cm³/mol. The predicted octanol–water partition coefficient (Wildman–Crippen LogP) is 4.66. The number of rotatable bonds is 5. The first kappa shape index (κ1) is 28.7. The van der Waals surface area contributed by atoms with Crippen LogP contribution in [0.5, 0.6) is 5.75 Å². The number of hydrogen-bond donors (Lipinski definition) is 2. The molecule has 1 saturated heterocycles. The van der Waals surface area contributed by atoms with Gasteiger partial charge in [0.15, 0.2) is 5.96 Å². The molecular formula is C26H33F3N4O3. The molecule has 0 saturated carbocycles. The number of aliphatic imine (C=N–C) groups is 1. The van der Waals surface area contributed by atoms with Gasteiger partial charge in [0.25, 0.3) is 5.91 Å². The van der Waals surface area contributed by atoms with Gasteiger partial charge in [-0.3, -0.25) is 9.59 Å². The van der Waals surface area contributed by atoms with Crippen LogP contribution in [0.15, 0.2) is 47.5 Å². The minimum atomic E-state index is -4.70. The van der Waals surface area contributed by atoms with Crippen molar-refractivity contribution in [3.8, 4) is 5.75 Å². The summed E-state index contributed by atoms with van der Waals surface area (Å²) < 4.78 is 47.0. The Balaban J connectivity index is 0.00000222. The lowest BCUT2D eigenvalue weighted by Crippen LogP contribution is -2.40. The van der Waals surface area contributed by atoms with Crippen LogP contribution in [0.25, 0.3) is 0 Å². The maximum atomic E-state index is 13.9. The minimum Gasteiger partial charge on any atom is -0.496 e. The van der Waals surface area contributed by atoms with E-state index in [-0.39, 0.29) is 28.7 Å². The Bertz CT molecular complexity index is 1080. The summed E-state index contributed by atoms with van der Waals surface area (Å²) in [5.74, 6) is -2.50. The molecule has 1 aliphatic rings. The number of piperidine rings is 1. The number of amides is 2. The Morgan fingerprint density at radius 2 is 1.67 bits per heavy atom. The summed E-state index contributed by atoms with van der Waals surface area (Å²) in [6.45, 7) is 6.48. The maximum Gasteiger partial charge on any atom is 0.416 e. The number of hydrogen-bond acceptors (Lipinski definition) is 3. The van der Waals surface area contributed by atoms with E-state index in [0.29, 0.717) is 25.9 Å². The van der Waals surface area contributed by atoms with Crippen LogP contribution >= 0.6 is 0 Å². The smallest absolute Gasteiger partial charge is 0.416 e. The van der Waals surface area contributed by atoms with E-state index in [1.807, 2.05) is 51.1 Å². The Hall–Kier alpha value is -3.56. The first-order valence-corrected chi connectivity index (χ1v) is 11.8. The molecule has 0 radical (unpaired) electrons. The standard InChI is InChI=1S/C24H27F3N4O3.C2H6/c1-14(15-6-4-3-5-7-15)22(33)31-10-8-16(9-11-31)17-13-20(34-2)18(21(32)30-23(28)29)12-19(17)24(25,26)27;1-2/h3-7,12-14,16H,8-11H2,1-2H3,(H4,28,29,30,32);1-2H3. The number of nitrogens with two attached hydrogens (primary N) is 2. The number of methoxy groups -OCH3 is 1. The highest BCUT2D eigenvalue weighted by Gasteiger charge is 2.38. The van der Waals surface area contributed by atoms with E-state index in [4.69, 9.17) is 16.2 Å². The molecule has 36 heavy (non-hydrogen) atoms. The number of carbonyl (C=O) groups is 2. The van der Waals surface area contributed by atoms with Crippen molar-refractivity contribution in [2.75, 3.05) is 20.2 Å². The molecule has 10 heteroatoms. The average Bonchev–Trinajstić information content (AvgIpc) is 2.87. The van der Waals surface area contributed by atoms with E-state index >= 15 is 0 Å². The number of carbonyl (C=O) groups excluding carboxylic acids is 2. The van der Waals surface area contributed by atoms with Crippen molar-refractivity contribution < 1.29 is 27.5 Å². The highest BCUT2D eigenvalue weighted by molar-refractivity contribution is 6.04. The SMILES string of the molecule is CC.COc1cc(C2CCN(C(=O)C(C)c3ccccc3)CC2)c(C(F)(F)F)cc1C(=O)N=C(N)N. The van der Waals surface area contributed by atoms with Crippen LogP contribution in [-0.4, -0.2) is 42.9 Å². The summed E-state index contributed by atoms with van der Waals surface area (Å²) in [5.41, 5.74) is 9.99. The highest BCUT2D eigenvalue weighted by Crippen LogP contribution is 2.42. The van der Waals surface area contributed by atoms with Crippen LogP contribution in [0, 0.1) is 0 Å². The van der Waals surface area contributed by atoms with Gasteiger partial charge in [0.2, 0.25) is 5.91 Å². The van der Waals surface area contributed by atoms with Gasteiger partial charge in [-0.2, -0.15) is 18.2 Å². The van der Waals surface area contributed by atoms with Gasteiger partial charge in [0.05, 0.1) is 24.2 Å². The Morgan fingerprint density at radius 3 is 2.17 bits per heavy atom. The number of ether oxygens (including phenoxy) is 1. The zero-order valence-corrected chi connectivity index (χ0v) is 20.9. The second-order valence-corrected chi connectivity index (χ2v) is 8.21. The summed E-state index contributed by atoms with van der Waals surface area (Å²) in [6, 6.07) is 11.3. The van der Waals surface area contributed by atoms with Crippen LogP contribution in [-0.2, 0) is 11.0 Å². The van der Waals surface area contributed by atoms with Crippen LogP contribution in [0.3, 0.4) is 0 Å². The number of likely N-dealkylation sites (tertiary alicyclic amines) is 1. The number of alkyl halides is 3. The van der Waals surface area contributed by atoms with Crippen molar-refractivity contribution >= 4 is 17.8 Å². The summed E-state index contributed by atoms with van der Waals surface area (Å²) in [5, 5.41) is 0. The zero-order chi connectivity index (χ0) is 27.0. The van der Waals surface area contributed by atoms with Gasteiger partial charge >= 0.3 is 6.18 Å². The van der Waals surface area contributed by atoms with Crippen LogP contribution in [0.2, 0.25) is 0 Å². The first-order chi connectivity index (χ1) is 17.0. The highest BCUT2D eigenvalue weighted by atomic mass is 19.4. The minimum absolute atomic E-state index is 0.0220. The lowest BCUT2D eigenvalue weighted by molar-refractivity contribution is -0.139. The lowest BCUT2D eigenvalue weighted by Gasteiger charge is -2.35. The zero-order valence-electron chi connectivity index (χ0n) is 20.9. The topological polar surface area (TPSA) is 111 Å². The molecule has 3 rings (SSSR count). The van der Waals surface area contributed by atoms with E-state index in [1.165, 1.54) is 13.2 Å². The van der Waals surface area contributed by atoms with E-state index in [1.54, 1.807) is 4.90 Å². The maximum absolute atomic E-state index is 13.9. The second kappa shape index (κ2) is 12.4. The third-order valence-corrected chi connectivity index (χ3v) is 6.05. The van der Waals surface area contributed by atoms with Gasteiger partial charge in [0.1, 0.15) is 5.75 Å². The molecule has 0 aromatic heterocycles. The molecule has 2 aromatic rings. The summed E-state index contributed by atoms with van der Waals surface area (Å²) in [4.78, 5) is 30.2. The van der Waals surface area contributed by atoms with Crippen LogP contribution in [0.4, 0.5) is 13.2 Å². The van der Waals surface area contributed by atoms with Crippen molar-refractivity contribution in [3.63, 3.8) is 0 Å². The van der Waals surface area contributed by atoms with Crippen molar-refractivity contribution in [1.29, 1.82) is 0 Å². The molecular weight excluding hydrogens is 473 g/mol. The molecule has 1 atom stereocenters. The molecule has 0 spiro atoms. The quantitative estimate of drug-likeness (QED) is 0.453. The number of benzene rings is 2. The first-order valence-electron chi connectivity index (χ1n) is 11.8. The number of guanidine groups is 1. The molecule has 2 amide bonds. The monoisotopic (exact) mass is 506 g/mol. The van der Waals surface area contributed by atoms with Gasteiger partial charge in [-0.15, -0.1) is 0 Å². The van der Waals surface area contributed by atoms with E-state index < -0.39 is 29.5 Å². The van der Waals surface area contributed by atoms with E-state index in [2.05, 4.69) is 4.99 Å². The third-order valence-electron chi connectivity index (χ3n) is 6.05. The molecule has 4 N–H and O–H groups in total. The fraction of sp³-hybridized carbons (Fsp3) is 0.423. The molecule has 0 bridgehead atoms.